The lowest BCUT2D eigenvalue weighted by molar-refractivity contribution is 0.0949. The van der Waals surface area contributed by atoms with Gasteiger partial charge in [-0.25, -0.2) is 18.3 Å². The molecule has 4 rings (SSSR count). The average molecular weight is 423 g/mol. The fraction of sp³-hybridized carbons (Fsp3) is 0.273. The molecule has 0 atom stereocenters. The van der Waals surface area contributed by atoms with Crippen LogP contribution in [0.3, 0.4) is 0 Å². The van der Waals surface area contributed by atoms with Gasteiger partial charge in [-0.3, -0.25) is 14.2 Å². The maximum Gasteiger partial charge on any atom is 0.352 e. The molecule has 0 unspecified atom stereocenters. The van der Waals surface area contributed by atoms with Crippen LogP contribution in [0.1, 0.15) is 29.8 Å². The lowest BCUT2D eigenvalue weighted by atomic mass is 10.1. The zero-order valence-electron chi connectivity index (χ0n) is 17.4. The predicted octanol–water partition coefficient (Wildman–Crippen LogP) is 1.92. The molecular formula is C22H22FN5O3. The van der Waals surface area contributed by atoms with Crippen LogP contribution in [-0.4, -0.2) is 31.2 Å². The fourth-order valence-electron chi connectivity index (χ4n) is 3.40. The average Bonchev–Trinajstić information content (AvgIpc) is 3.07. The van der Waals surface area contributed by atoms with Crippen molar-refractivity contribution in [3.8, 4) is 0 Å². The number of hydrogen-bond donors (Lipinski definition) is 1. The number of carbonyl (C=O) groups excluding carboxylic acids is 1. The van der Waals surface area contributed by atoms with Crippen molar-refractivity contribution in [3.05, 3.63) is 80.2 Å². The van der Waals surface area contributed by atoms with Crippen LogP contribution in [0.25, 0.3) is 16.7 Å². The maximum atomic E-state index is 13.2. The van der Waals surface area contributed by atoms with Gasteiger partial charge in [0.2, 0.25) is 5.78 Å². The Morgan fingerprint density at radius 1 is 1.13 bits per heavy atom. The molecule has 0 bridgehead atoms. The summed E-state index contributed by atoms with van der Waals surface area (Å²) in [5.74, 6) is -0.209. The number of halogens is 1. The number of hydrogen-bond acceptors (Lipinski definition) is 4. The van der Waals surface area contributed by atoms with Gasteiger partial charge in [-0.05, 0) is 41.8 Å². The number of carbonyl (C=O) groups is 1. The summed E-state index contributed by atoms with van der Waals surface area (Å²) in [4.78, 5) is 38.5. The minimum absolute atomic E-state index is 0.116. The van der Waals surface area contributed by atoms with Crippen molar-refractivity contribution in [2.75, 3.05) is 6.54 Å². The largest absolute Gasteiger partial charge is 0.352 e. The van der Waals surface area contributed by atoms with E-state index in [4.69, 9.17) is 0 Å². The Balaban J connectivity index is 1.87. The van der Waals surface area contributed by atoms with E-state index in [2.05, 4.69) is 10.4 Å². The van der Waals surface area contributed by atoms with Crippen molar-refractivity contribution in [3.63, 3.8) is 0 Å². The van der Waals surface area contributed by atoms with Gasteiger partial charge in [0.05, 0.1) is 17.4 Å². The second-order valence-corrected chi connectivity index (χ2v) is 7.90. The van der Waals surface area contributed by atoms with E-state index >= 15 is 0 Å². The Labute approximate surface area is 176 Å². The SMILES string of the molecule is CC(C)CNC(=O)c1ccc2c(=O)n(C)c3nn(Cc4ccc(F)cc4)c(=O)n3c2c1. The zero-order valence-corrected chi connectivity index (χ0v) is 17.4. The van der Waals surface area contributed by atoms with E-state index in [1.165, 1.54) is 38.9 Å². The monoisotopic (exact) mass is 423 g/mol. The van der Waals surface area contributed by atoms with Crippen molar-refractivity contribution >= 4 is 22.6 Å². The highest BCUT2D eigenvalue weighted by Crippen LogP contribution is 2.14. The summed E-state index contributed by atoms with van der Waals surface area (Å²) in [5.41, 5.74) is 0.566. The van der Waals surface area contributed by atoms with Gasteiger partial charge in [0, 0.05) is 19.2 Å². The first-order valence-electron chi connectivity index (χ1n) is 9.91. The lowest BCUT2D eigenvalue weighted by Crippen LogP contribution is -2.28. The van der Waals surface area contributed by atoms with Crippen molar-refractivity contribution in [2.45, 2.75) is 20.4 Å². The molecule has 1 amide bonds. The molecular weight excluding hydrogens is 401 g/mol. The van der Waals surface area contributed by atoms with Crippen molar-refractivity contribution in [1.29, 1.82) is 0 Å². The van der Waals surface area contributed by atoms with Gasteiger partial charge in [-0.1, -0.05) is 26.0 Å². The molecule has 9 heteroatoms. The van der Waals surface area contributed by atoms with E-state index in [1.807, 2.05) is 13.8 Å². The standard InChI is InChI=1S/C22H22FN5O3/c1-13(2)11-24-19(29)15-6-9-17-18(10-15)28-21(26(3)20(17)30)25-27(22(28)31)12-14-4-7-16(23)8-5-14/h4-10,13H,11-12H2,1-3H3,(H,24,29). The highest BCUT2D eigenvalue weighted by Gasteiger charge is 2.17. The van der Waals surface area contributed by atoms with Crippen LogP contribution in [-0.2, 0) is 13.6 Å². The van der Waals surface area contributed by atoms with Gasteiger partial charge >= 0.3 is 5.69 Å². The molecule has 0 aliphatic carbocycles. The van der Waals surface area contributed by atoms with E-state index in [0.29, 0.717) is 28.6 Å². The quantitative estimate of drug-likeness (QED) is 0.531. The van der Waals surface area contributed by atoms with E-state index in [1.54, 1.807) is 24.3 Å². The molecule has 0 radical (unpaired) electrons. The molecule has 0 aliphatic rings. The molecule has 0 saturated heterocycles. The minimum atomic E-state index is -0.459. The highest BCUT2D eigenvalue weighted by atomic mass is 19.1. The van der Waals surface area contributed by atoms with E-state index < -0.39 is 5.69 Å². The maximum absolute atomic E-state index is 13.2. The summed E-state index contributed by atoms with van der Waals surface area (Å²) >= 11 is 0. The van der Waals surface area contributed by atoms with Crippen LogP contribution >= 0.6 is 0 Å². The molecule has 2 aromatic heterocycles. The van der Waals surface area contributed by atoms with E-state index in [-0.39, 0.29) is 35.5 Å². The topological polar surface area (TPSA) is 90.4 Å². The molecule has 0 fully saturated rings. The Hall–Kier alpha value is -3.75. The third kappa shape index (κ3) is 3.74. The molecule has 160 valence electrons. The Morgan fingerprint density at radius 2 is 1.84 bits per heavy atom. The van der Waals surface area contributed by atoms with Gasteiger partial charge in [-0.2, -0.15) is 0 Å². The van der Waals surface area contributed by atoms with Crippen LogP contribution in [0.4, 0.5) is 4.39 Å². The van der Waals surface area contributed by atoms with Gasteiger partial charge in [0.1, 0.15) is 5.82 Å². The van der Waals surface area contributed by atoms with E-state index in [9.17, 15) is 18.8 Å². The molecule has 4 aromatic rings. The summed E-state index contributed by atoms with van der Waals surface area (Å²) in [7, 11) is 1.54. The summed E-state index contributed by atoms with van der Waals surface area (Å²) in [5, 5.41) is 7.45. The van der Waals surface area contributed by atoms with Crippen molar-refractivity contribution < 1.29 is 9.18 Å². The number of fused-ring (bicyclic) bond motifs is 3. The molecule has 8 nitrogen and oxygen atoms in total. The number of rotatable bonds is 5. The van der Waals surface area contributed by atoms with Crippen LogP contribution in [0, 0.1) is 11.7 Å². The van der Waals surface area contributed by atoms with Crippen LogP contribution in [0.15, 0.2) is 52.1 Å². The van der Waals surface area contributed by atoms with E-state index in [0.717, 1.165) is 0 Å². The number of aromatic nitrogens is 4. The Morgan fingerprint density at radius 3 is 2.52 bits per heavy atom. The van der Waals surface area contributed by atoms with Crippen LogP contribution in [0.2, 0.25) is 0 Å². The second-order valence-electron chi connectivity index (χ2n) is 7.90. The lowest BCUT2D eigenvalue weighted by Gasteiger charge is -2.09. The van der Waals surface area contributed by atoms with Crippen molar-refractivity contribution in [2.24, 2.45) is 13.0 Å². The molecule has 2 heterocycles. The minimum Gasteiger partial charge on any atom is -0.352 e. The van der Waals surface area contributed by atoms with Gasteiger partial charge in [0.15, 0.2) is 0 Å². The molecule has 0 saturated carbocycles. The van der Waals surface area contributed by atoms with Gasteiger partial charge in [0.25, 0.3) is 11.5 Å². The van der Waals surface area contributed by atoms with Crippen LogP contribution in [0.5, 0.6) is 0 Å². The fourth-order valence-corrected chi connectivity index (χ4v) is 3.40. The zero-order chi connectivity index (χ0) is 22.3. The third-order valence-electron chi connectivity index (χ3n) is 5.07. The molecule has 2 aromatic carbocycles. The smallest absolute Gasteiger partial charge is 0.352 e. The summed E-state index contributed by atoms with van der Waals surface area (Å²) in [6.07, 6.45) is 0. The molecule has 1 N–H and O–H groups in total. The highest BCUT2D eigenvalue weighted by molar-refractivity contribution is 5.98. The number of amides is 1. The van der Waals surface area contributed by atoms with Gasteiger partial charge in [-0.15, -0.1) is 5.10 Å². The van der Waals surface area contributed by atoms with Gasteiger partial charge < -0.3 is 5.32 Å². The number of nitrogens with one attached hydrogen (secondary N) is 1. The first kappa shape index (κ1) is 20.5. The number of nitrogens with zero attached hydrogens (tertiary/aromatic N) is 4. The normalized spacial score (nSPS) is 11.5. The molecule has 31 heavy (non-hydrogen) atoms. The third-order valence-corrected chi connectivity index (χ3v) is 5.07. The summed E-state index contributed by atoms with van der Waals surface area (Å²) in [6, 6.07) is 10.4. The summed E-state index contributed by atoms with van der Waals surface area (Å²) in [6.45, 7) is 4.61. The molecule has 0 aliphatic heterocycles. The first-order chi connectivity index (χ1) is 14.8. The summed E-state index contributed by atoms with van der Waals surface area (Å²) < 4.78 is 17.0. The first-order valence-corrected chi connectivity index (χ1v) is 9.91. The second kappa shape index (κ2) is 7.82. The van der Waals surface area contributed by atoms with Crippen molar-refractivity contribution in [1.82, 2.24) is 24.1 Å². The Kier molecular flexibility index (Phi) is 5.18. The van der Waals surface area contributed by atoms with Crippen LogP contribution < -0.4 is 16.6 Å². The number of benzene rings is 2. The predicted molar refractivity (Wildman–Crippen MR) is 115 cm³/mol. The number of aryl methyl sites for hydroxylation is 1. The Bertz CT molecular complexity index is 1410. The molecule has 0 spiro atoms.